The fourth-order valence-electron chi connectivity index (χ4n) is 5.39. The average Bonchev–Trinajstić information content (AvgIpc) is 3.19. The number of nitrogens with one attached hydrogen (secondary N) is 3. The maximum atomic E-state index is 11.9. The summed E-state index contributed by atoms with van der Waals surface area (Å²) in [6.07, 6.45) is 8.67. The molecule has 0 radical (unpaired) electrons. The van der Waals surface area contributed by atoms with Gasteiger partial charge in [0.25, 0.3) is 11.4 Å². The summed E-state index contributed by atoms with van der Waals surface area (Å²) in [5.74, 6) is 1.92. The van der Waals surface area contributed by atoms with Crippen LogP contribution >= 0.6 is 11.8 Å². The van der Waals surface area contributed by atoms with Crippen molar-refractivity contribution in [3.8, 4) is 0 Å². The second-order valence-electron chi connectivity index (χ2n) is 12.6. The number of nitro groups is 2. The van der Waals surface area contributed by atoms with Crippen LogP contribution in [-0.2, 0) is 22.7 Å². The normalized spacial score (nSPS) is 19.7. The fraction of sp³-hybridized carbons (Fsp3) is 0.543. The third kappa shape index (κ3) is 17.8. The number of rotatable bonds is 9. The molecule has 298 valence electrons. The van der Waals surface area contributed by atoms with E-state index >= 15 is 0 Å². The zero-order valence-corrected chi connectivity index (χ0v) is 31.7. The number of amidine groups is 1. The Hall–Kier alpha value is -4.85. The van der Waals surface area contributed by atoms with Gasteiger partial charge >= 0.3 is 12.2 Å². The summed E-state index contributed by atoms with van der Waals surface area (Å²) in [5.41, 5.74) is 6.55. The van der Waals surface area contributed by atoms with Crippen molar-refractivity contribution >= 4 is 46.5 Å². The number of hydrogen-bond donors (Lipinski definition) is 6. The van der Waals surface area contributed by atoms with E-state index in [1.165, 1.54) is 48.5 Å². The van der Waals surface area contributed by atoms with Crippen molar-refractivity contribution in [2.75, 3.05) is 33.6 Å². The molecule has 2 saturated carbocycles. The van der Waals surface area contributed by atoms with Crippen LogP contribution in [0.3, 0.4) is 0 Å². The topological polar surface area (TPSA) is 266 Å². The maximum absolute atomic E-state index is 11.9. The van der Waals surface area contributed by atoms with Gasteiger partial charge in [-0.3, -0.25) is 30.5 Å². The molecule has 0 spiro atoms. The Morgan fingerprint density at radius 3 is 1.70 bits per heavy atom. The van der Waals surface area contributed by atoms with Crippen molar-refractivity contribution in [2.24, 2.45) is 27.6 Å². The predicted octanol–water partition coefficient (Wildman–Crippen LogP) is 4.61. The lowest BCUT2D eigenvalue weighted by atomic mass is 9.87. The van der Waals surface area contributed by atoms with E-state index in [4.69, 9.17) is 25.4 Å². The van der Waals surface area contributed by atoms with Crippen LogP contribution in [-0.4, -0.2) is 89.0 Å². The van der Waals surface area contributed by atoms with Gasteiger partial charge in [-0.2, -0.15) is 4.99 Å². The van der Waals surface area contributed by atoms with E-state index in [1.54, 1.807) is 13.3 Å². The van der Waals surface area contributed by atoms with E-state index in [9.17, 15) is 29.8 Å². The molecule has 0 atom stereocenters. The van der Waals surface area contributed by atoms with E-state index < -0.39 is 22.0 Å². The molecule has 2 amide bonds. The van der Waals surface area contributed by atoms with Gasteiger partial charge in [0.2, 0.25) is 0 Å². The predicted molar refractivity (Wildman–Crippen MR) is 206 cm³/mol. The van der Waals surface area contributed by atoms with Crippen molar-refractivity contribution in [3.63, 3.8) is 0 Å². The Kier molecular flexibility index (Phi) is 21.2. The number of aliphatic imine (C=N–C) groups is 2. The minimum Gasteiger partial charge on any atom is -0.444 e. The van der Waals surface area contributed by atoms with E-state index in [-0.39, 0.29) is 29.8 Å². The molecule has 0 unspecified atom stereocenters. The average molecular weight is 777 g/mol. The van der Waals surface area contributed by atoms with Gasteiger partial charge in [-0.15, -0.1) is 0 Å². The van der Waals surface area contributed by atoms with Gasteiger partial charge in [0, 0.05) is 63.7 Å². The molecule has 0 bridgehead atoms. The van der Waals surface area contributed by atoms with Gasteiger partial charge in [-0.25, -0.2) is 9.59 Å². The highest BCUT2D eigenvalue weighted by Crippen LogP contribution is 2.24. The Balaban J connectivity index is 0.000000356. The Morgan fingerprint density at radius 2 is 1.30 bits per heavy atom. The smallest absolute Gasteiger partial charge is 0.436 e. The molecule has 2 aromatic rings. The van der Waals surface area contributed by atoms with Crippen LogP contribution in [0, 0.1) is 32.1 Å². The minimum absolute atomic E-state index is 0.0672. The van der Waals surface area contributed by atoms with Crippen LogP contribution in [0.25, 0.3) is 0 Å². The molecule has 2 aliphatic carbocycles. The number of alkyl carbamates (subject to hydrolysis) is 1. The van der Waals surface area contributed by atoms with Crippen molar-refractivity contribution in [2.45, 2.75) is 76.7 Å². The summed E-state index contributed by atoms with van der Waals surface area (Å²) in [4.78, 5) is 51.5. The second-order valence-corrected chi connectivity index (χ2v) is 13.3. The minimum atomic E-state index is -0.974. The largest absolute Gasteiger partial charge is 0.444 e. The van der Waals surface area contributed by atoms with Crippen molar-refractivity contribution < 1.29 is 39.1 Å². The highest BCUT2D eigenvalue weighted by atomic mass is 32.2. The first-order chi connectivity index (χ1) is 25.9. The van der Waals surface area contributed by atoms with Crippen LogP contribution in [0.15, 0.2) is 58.5 Å². The standard InChI is InChI=1S/C18H16N4O8S.C10H21N3O.C7H15NO/c1-31-16(19-17(23)29-10-12-2-6-14(7-3-12)21(25)26)20-18(24)30-11-13-4-8-15(9-5-13)22(27)28;1-11-10(12-2)13-9-5-3-8(7-14)4-6-9;8-7-3-1-6(5-9)2-4-7/h2-9H,10-11H2,1H3,(H,19,20,23,24);8-9,14H,3-7H2,1-2H3,(H2,11,12,13);6-7,9H,1-5,8H2. The number of nitro benzene ring substituents is 2. The zero-order valence-electron chi connectivity index (χ0n) is 30.8. The number of thioether (sulfide) groups is 1. The summed E-state index contributed by atoms with van der Waals surface area (Å²) < 4.78 is 9.93. The highest BCUT2D eigenvalue weighted by molar-refractivity contribution is 8.13. The molecule has 0 saturated heterocycles. The first-order valence-electron chi connectivity index (χ1n) is 17.5. The van der Waals surface area contributed by atoms with Crippen LogP contribution < -0.4 is 21.7 Å². The maximum Gasteiger partial charge on any atom is 0.436 e. The lowest BCUT2D eigenvalue weighted by molar-refractivity contribution is -0.385. The Bertz CT molecular complexity index is 1510. The monoisotopic (exact) mass is 776 g/mol. The molecule has 2 fully saturated rings. The first-order valence-corrected chi connectivity index (χ1v) is 18.7. The molecule has 2 aliphatic rings. The van der Waals surface area contributed by atoms with Crippen molar-refractivity contribution in [1.29, 1.82) is 0 Å². The zero-order chi connectivity index (χ0) is 39.9. The molecular formula is C35H52N8O10S. The number of aliphatic hydroxyl groups is 2. The Labute approximate surface area is 318 Å². The lowest BCUT2D eigenvalue weighted by Gasteiger charge is -2.28. The highest BCUT2D eigenvalue weighted by Gasteiger charge is 2.21. The third-order valence-electron chi connectivity index (χ3n) is 8.68. The quantitative estimate of drug-likeness (QED) is 0.0879. The molecule has 7 N–H and O–H groups in total. The summed E-state index contributed by atoms with van der Waals surface area (Å²) >= 11 is 0.968. The van der Waals surface area contributed by atoms with E-state index in [2.05, 4.69) is 25.9 Å². The van der Waals surface area contributed by atoms with Crippen molar-refractivity contribution in [1.82, 2.24) is 16.0 Å². The number of aliphatic hydroxyl groups excluding tert-OH is 2. The molecule has 0 heterocycles. The lowest BCUT2D eigenvalue weighted by Crippen LogP contribution is -2.43. The molecule has 2 aromatic carbocycles. The van der Waals surface area contributed by atoms with Crippen LogP contribution in [0.5, 0.6) is 0 Å². The van der Waals surface area contributed by atoms with E-state index in [0.717, 1.165) is 69.1 Å². The van der Waals surface area contributed by atoms with Gasteiger partial charge in [0.05, 0.1) is 9.85 Å². The molecule has 19 heteroatoms. The molecule has 4 rings (SSSR count). The Morgan fingerprint density at radius 1 is 0.833 bits per heavy atom. The number of non-ortho nitro benzene ring substituents is 2. The molecule has 18 nitrogen and oxygen atoms in total. The third-order valence-corrected chi connectivity index (χ3v) is 9.26. The summed E-state index contributed by atoms with van der Waals surface area (Å²) in [6.45, 7) is 0.392. The van der Waals surface area contributed by atoms with Gasteiger partial charge in [-0.1, -0.05) is 11.8 Å². The van der Waals surface area contributed by atoms with Gasteiger partial charge in [0.15, 0.2) is 11.1 Å². The number of nitrogens with two attached hydrogens (primary N) is 1. The number of benzene rings is 2. The molecule has 0 aliphatic heterocycles. The number of carbonyl (C=O) groups excluding carboxylic acids is 2. The number of hydrogen-bond acceptors (Lipinski definition) is 13. The summed E-state index contributed by atoms with van der Waals surface area (Å²) in [5, 5.41) is 47.6. The first kappa shape index (κ1) is 45.3. The van der Waals surface area contributed by atoms with Crippen LogP contribution in [0.1, 0.15) is 62.5 Å². The molecule has 54 heavy (non-hydrogen) atoms. The second kappa shape index (κ2) is 25.2. The fourth-order valence-corrected chi connectivity index (χ4v) is 5.74. The van der Waals surface area contributed by atoms with Gasteiger partial charge in [0.1, 0.15) is 13.2 Å². The number of ether oxygens (including phenoxy) is 2. The molecule has 0 aromatic heterocycles. The van der Waals surface area contributed by atoms with Gasteiger partial charge < -0.3 is 36.1 Å². The number of amides is 2. The van der Waals surface area contributed by atoms with Gasteiger partial charge in [-0.05, 0) is 105 Å². The number of guanidine groups is 1. The van der Waals surface area contributed by atoms with E-state index in [0.29, 0.717) is 48.3 Å². The number of carbonyl (C=O) groups is 2. The van der Waals surface area contributed by atoms with E-state index in [1.807, 2.05) is 7.05 Å². The van der Waals surface area contributed by atoms with Crippen LogP contribution in [0.4, 0.5) is 21.0 Å². The summed E-state index contributed by atoms with van der Waals surface area (Å²) in [7, 11) is 3.65. The van der Waals surface area contributed by atoms with Crippen LogP contribution in [0.2, 0.25) is 0 Å². The SMILES string of the molecule is CN=C(NC)NC1CCC(CO)CC1.CSC(=NC(=O)OCc1ccc([N+](=O)[O-])cc1)NC(=O)OCc1ccc([N+](=O)[O-])cc1.NC1CCC(CO)CC1. The molecular weight excluding hydrogens is 724 g/mol. The van der Waals surface area contributed by atoms with Crippen molar-refractivity contribution in [3.05, 3.63) is 79.9 Å². The number of nitrogens with zero attached hydrogens (tertiary/aromatic N) is 4. The summed E-state index contributed by atoms with van der Waals surface area (Å²) in [6, 6.07) is 11.8.